The minimum absolute atomic E-state index is 0.269. The first-order chi connectivity index (χ1) is 10.6. The van der Waals surface area contributed by atoms with E-state index in [9.17, 15) is 14.7 Å². The molecule has 1 amide bonds. The van der Waals surface area contributed by atoms with Gasteiger partial charge in [-0.25, -0.2) is 9.59 Å². The van der Waals surface area contributed by atoms with Crippen LogP contribution in [0, 0.1) is 0 Å². The summed E-state index contributed by atoms with van der Waals surface area (Å²) in [5, 5.41) is 9.99. The minimum Gasteiger partial charge on any atom is -0.479 e. The van der Waals surface area contributed by atoms with Gasteiger partial charge in [0.25, 0.3) is 0 Å². The van der Waals surface area contributed by atoms with Crippen molar-refractivity contribution in [3.63, 3.8) is 0 Å². The standard InChI is InChI=1S/C18H25NO4/c1-12-10-11-18(15(20)21,14-9-7-6-8-13(12)14)19(5)16(22)23-17(2,3)4/h6-9,12H,10-11H2,1-5H3,(H,20,21). The molecule has 0 bridgehead atoms. The fraction of sp³-hybridized carbons (Fsp3) is 0.556. The van der Waals surface area contributed by atoms with Gasteiger partial charge < -0.3 is 9.84 Å². The van der Waals surface area contributed by atoms with Crippen molar-refractivity contribution in [1.82, 2.24) is 4.90 Å². The fourth-order valence-corrected chi connectivity index (χ4v) is 3.22. The lowest BCUT2D eigenvalue weighted by Gasteiger charge is -2.44. The molecule has 1 aliphatic rings. The van der Waals surface area contributed by atoms with Crippen molar-refractivity contribution < 1.29 is 19.4 Å². The average Bonchev–Trinajstić information content (AvgIpc) is 2.45. The van der Waals surface area contributed by atoms with E-state index in [2.05, 4.69) is 6.92 Å². The summed E-state index contributed by atoms with van der Waals surface area (Å²) in [6.07, 6.45) is 0.455. The van der Waals surface area contributed by atoms with E-state index < -0.39 is 23.2 Å². The third kappa shape index (κ3) is 3.05. The number of carbonyl (C=O) groups is 2. The quantitative estimate of drug-likeness (QED) is 0.902. The summed E-state index contributed by atoms with van der Waals surface area (Å²) in [6.45, 7) is 7.38. The molecule has 0 saturated heterocycles. The number of carbonyl (C=O) groups excluding carboxylic acids is 1. The van der Waals surface area contributed by atoms with Crippen molar-refractivity contribution in [3.05, 3.63) is 35.4 Å². The molecular formula is C18H25NO4. The molecule has 1 N–H and O–H groups in total. The highest BCUT2D eigenvalue weighted by Crippen LogP contribution is 2.45. The molecule has 0 saturated carbocycles. The van der Waals surface area contributed by atoms with E-state index >= 15 is 0 Å². The van der Waals surface area contributed by atoms with E-state index in [1.54, 1.807) is 26.8 Å². The molecule has 0 aromatic heterocycles. The largest absolute Gasteiger partial charge is 0.479 e. The van der Waals surface area contributed by atoms with Gasteiger partial charge in [0.15, 0.2) is 5.54 Å². The lowest BCUT2D eigenvalue weighted by atomic mass is 9.71. The lowest BCUT2D eigenvalue weighted by molar-refractivity contribution is -0.152. The van der Waals surface area contributed by atoms with Crippen LogP contribution in [0.5, 0.6) is 0 Å². The van der Waals surface area contributed by atoms with Gasteiger partial charge in [-0.05, 0) is 50.7 Å². The van der Waals surface area contributed by atoms with E-state index in [1.165, 1.54) is 11.9 Å². The maximum absolute atomic E-state index is 12.5. The number of amides is 1. The van der Waals surface area contributed by atoms with Crippen LogP contribution >= 0.6 is 0 Å². The summed E-state index contributed by atoms with van der Waals surface area (Å²) in [7, 11) is 1.51. The first kappa shape index (κ1) is 17.3. The van der Waals surface area contributed by atoms with Gasteiger partial charge in [0.2, 0.25) is 0 Å². The normalized spacial score (nSPS) is 23.8. The number of carboxylic acid groups (broad SMARTS) is 1. The van der Waals surface area contributed by atoms with Crippen molar-refractivity contribution in [2.45, 2.75) is 57.6 Å². The molecule has 0 heterocycles. The Morgan fingerprint density at radius 3 is 2.48 bits per heavy atom. The van der Waals surface area contributed by atoms with E-state index in [-0.39, 0.29) is 5.92 Å². The molecule has 0 spiro atoms. The van der Waals surface area contributed by atoms with Crippen molar-refractivity contribution in [2.24, 2.45) is 0 Å². The molecule has 1 aromatic rings. The van der Waals surface area contributed by atoms with Gasteiger partial charge in [0, 0.05) is 7.05 Å². The van der Waals surface area contributed by atoms with Gasteiger partial charge in [0.1, 0.15) is 5.60 Å². The van der Waals surface area contributed by atoms with Crippen LogP contribution in [-0.2, 0) is 15.1 Å². The molecule has 0 aliphatic heterocycles. The Bertz CT molecular complexity index is 620. The molecule has 1 aliphatic carbocycles. The van der Waals surface area contributed by atoms with Gasteiger partial charge >= 0.3 is 12.1 Å². The Morgan fingerprint density at radius 1 is 1.30 bits per heavy atom. The number of hydrogen-bond acceptors (Lipinski definition) is 3. The van der Waals surface area contributed by atoms with Gasteiger partial charge in [-0.2, -0.15) is 0 Å². The number of hydrogen-bond donors (Lipinski definition) is 1. The topological polar surface area (TPSA) is 66.8 Å². The number of carboxylic acids is 1. The molecule has 5 nitrogen and oxygen atoms in total. The zero-order chi connectivity index (χ0) is 17.4. The highest BCUT2D eigenvalue weighted by molar-refractivity contribution is 5.87. The number of ether oxygens (including phenoxy) is 1. The van der Waals surface area contributed by atoms with Crippen LogP contribution < -0.4 is 0 Å². The van der Waals surface area contributed by atoms with Crippen LogP contribution in [0.3, 0.4) is 0 Å². The first-order valence-electron chi connectivity index (χ1n) is 7.89. The van der Waals surface area contributed by atoms with Crippen LogP contribution in [0.1, 0.15) is 57.6 Å². The number of likely N-dealkylation sites (N-methyl/N-ethyl adjacent to an activating group) is 1. The number of rotatable bonds is 2. The van der Waals surface area contributed by atoms with Crippen LogP contribution in [0.2, 0.25) is 0 Å². The molecule has 0 fully saturated rings. The predicted molar refractivity (Wildman–Crippen MR) is 87.4 cm³/mol. The predicted octanol–water partition coefficient (Wildman–Crippen LogP) is 3.73. The molecular weight excluding hydrogens is 294 g/mol. The zero-order valence-electron chi connectivity index (χ0n) is 14.4. The Labute approximate surface area is 137 Å². The van der Waals surface area contributed by atoms with E-state index in [0.29, 0.717) is 18.4 Å². The molecule has 2 rings (SSSR count). The summed E-state index contributed by atoms with van der Waals surface area (Å²) in [5.41, 5.74) is -0.394. The maximum atomic E-state index is 12.5. The fourth-order valence-electron chi connectivity index (χ4n) is 3.22. The summed E-state index contributed by atoms with van der Waals surface area (Å²) >= 11 is 0. The van der Waals surface area contributed by atoms with Gasteiger partial charge in [0.05, 0.1) is 0 Å². The second-order valence-electron chi connectivity index (χ2n) is 7.23. The van der Waals surface area contributed by atoms with Crippen LogP contribution in [0.4, 0.5) is 4.79 Å². The Balaban J connectivity index is 2.52. The van der Waals surface area contributed by atoms with E-state index in [4.69, 9.17) is 4.74 Å². The number of benzene rings is 1. The molecule has 0 radical (unpaired) electrons. The van der Waals surface area contributed by atoms with Crippen LogP contribution in [-0.4, -0.2) is 34.7 Å². The third-order valence-electron chi connectivity index (χ3n) is 4.47. The van der Waals surface area contributed by atoms with Gasteiger partial charge in [-0.15, -0.1) is 0 Å². The monoisotopic (exact) mass is 319 g/mol. The Hall–Kier alpha value is -2.04. The van der Waals surface area contributed by atoms with Gasteiger partial charge in [-0.3, -0.25) is 4.90 Å². The number of fused-ring (bicyclic) bond motifs is 1. The van der Waals surface area contributed by atoms with Crippen LogP contribution in [0.15, 0.2) is 24.3 Å². The number of aliphatic carboxylic acids is 1. The van der Waals surface area contributed by atoms with E-state index in [1.807, 2.05) is 18.2 Å². The van der Waals surface area contributed by atoms with E-state index in [0.717, 1.165) is 5.56 Å². The smallest absolute Gasteiger partial charge is 0.411 e. The molecule has 2 atom stereocenters. The Morgan fingerprint density at radius 2 is 1.91 bits per heavy atom. The Kier molecular flexibility index (Phi) is 4.42. The number of nitrogens with zero attached hydrogens (tertiary/aromatic N) is 1. The lowest BCUT2D eigenvalue weighted by Crippen LogP contribution is -2.55. The summed E-state index contributed by atoms with van der Waals surface area (Å²) in [6, 6.07) is 7.47. The molecule has 5 heteroatoms. The summed E-state index contributed by atoms with van der Waals surface area (Å²) in [4.78, 5) is 25.9. The highest BCUT2D eigenvalue weighted by Gasteiger charge is 2.51. The van der Waals surface area contributed by atoms with Crippen molar-refractivity contribution >= 4 is 12.1 Å². The third-order valence-corrected chi connectivity index (χ3v) is 4.47. The highest BCUT2D eigenvalue weighted by atomic mass is 16.6. The summed E-state index contributed by atoms with van der Waals surface area (Å²) < 4.78 is 5.39. The second-order valence-corrected chi connectivity index (χ2v) is 7.23. The maximum Gasteiger partial charge on any atom is 0.411 e. The second kappa shape index (κ2) is 5.87. The average molecular weight is 319 g/mol. The molecule has 2 unspecified atom stereocenters. The molecule has 23 heavy (non-hydrogen) atoms. The van der Waals surface area contributed by atoms with Crippen molar-refractivity contribution in [3.8, 4) is 0 Å². The SMILES string of the molecule is CC1CCC(C(=O)O)(N(C)C(=O)OC(C)(C)C)c2ccccc21. The first-order valence-corrected chi connectivity index (χ1v) is 7.89. The van der Waals surface area contributed by atoms with Gasteiger partial charge in [-0.1, -0.05) is 31.2 Å². The summed E-state index contributed by atoms with van der Waals surface area (Å²) in [5.74, 6) is -0.754. The molecule has 1 aromatic carbocycles. The molecule has 126 valence electrons. The van der Waals surface area contributed by atoms with Crippen molar-refractivity contribution in [2.75, 3.05) is 7.05 Å². The van der Waals surface area contributed by atoms with Crippen molar-refractivity contribution in [1.29, 1.82) is 0 Å². The van der Waals surface area contributed by atoms with Crippen LogP contribution in [0.25, 0.3) is 0 Å². The minimum atomic E-state index is -1.38. The zero-order valence-corrected chi connectivity index (χ0v) is 14.4.